The summed E-state index contributed by atoms with van der Waals surface area (Å²) in [6.45, 7) is 0.703. The molecule has 2 N–H and O–H groups in total. The number of nitrogens with zero attached hydrogens (tertiary/aromatic N) is 3. The summed E-state index contributed by atoms with van der Waals surface area (Å²) in [5.41, 5.74) is 2.40. The van der Waals surface area contributed by atoms with Crippen LogP contribution >= 0.6 is 0 Å². The van der Waals surface area contributed by atoms with Crippen molar-refractivity contribution >= 4 is 11.9 Å². The summed E-state index contributed by atoms with van der Waals surface area (Å²) in [5.74, 6) is 0.0805. The number of carbonyl (C=O) groups excluding carboxylic acids is 1. The first-order valence-electron chi connectivity index (χ1n) is 8.38. The van der Waals surface area contributed by atoms with Crippen LogP contribution in [0.25, 0.3) is 0 Å². The Morgan fingerprint density at radius 1 is 1.15 bits per heavy atom. The van der Waals surface area contributed by atoms with E-state index in [1.54, 1.807) is 33.3 Å². The molecular weight excluding hydrogens is 345 g/mol. The van der Waals surface area contributed by atoms with Gasteiger partial charge in [-0.1, -0.05) is 12.1 Å². The highest BCUT2D eigenvalue weighted by atomic mass is 19.1. The number of guanidine groups is 1. The number of aliphatic imine (C=N–C) groups is 1. The second-order valence-electron chi connectivity index (χ2n) is 6.09. The molecule has 140 valence electrons. The molecule has 0 atom stereocenters. The molecule has 0 radical (unpaired) electrons. The Morgan fingerprint density at radius 2 is 1.81 bits per heavy atom. The number of amides is 1. The third-order valence-electron chi connectivity index (χ3n) is 3.91. The average molecular weight is 367 g/mol. The zero-order chi connectivity index (χ0) is 19.8. The quantitative estimate of drug-likeness (QED) is 0.628. The van der Waals surface area contributed by atoms with Gasteiger partial charge in [-0.15, -0.1) is 0 Å². The molecule has 0 aliphatic rings. The van der Waals surface area contributed by atoms with Crippen LogP contribution in [-0.4, -0.2) is 37.9 Å². The topological polar surface area (TPSA) is 80.5 Å². The van der Waals surface area contributed by atoms with Gasteiger partial charge < -0.3 is 15.5 Å². The van der Waals surface area contributed by atoms with E-state index in [1.807, 2.05) is 18.2 Å². The van der Waals surface area contributed by atoms with Crippen LogP contribution in [0, 0.1) is 17.1 Å². The van der Waals surface area contributed by atoms with E-state index in [1.165, 1.54) is 23.1 Å². The van der Waals surface area contributed by atoms with E-state index in [0.717, 1.165) is 5.56 Å². The highest BCUT2D eigenvalue weighted by Gasteiger charge is 2.08. The summed E-state index contributed by atoms with van der Waals surface area (Å²) < 4.78 is 13.8. The van der Waals surface area contributed by atoms with Gasteiger partial charge in [-0.3, -0.25) is 9.79 Å². The van der Waals surface area contributed by atoms with Crippen LogP contribution in [0.1, 0.15) is 27.0 Å². The van der Waals surface area contributed by atoms with Crippen LogP contribution in [0.3, 0.4) is 0 Å². The molecule has 0 heterocycles. The number of nitrogens with one attached hydrogen (secondary N) is 2. The van der Waals surface area contributed by atoms with Gasteiger partial charge >= 0.3 is 0 Å². The van der Waals surface area contributed by atoms with Gasteiger partial charge in [0.25, 0.3) is 5.91 Å². The summed E-state index contributed by atoms with van der Waals surface area (Å²) in [7, 11) is 5.04. The lowest BCUT2D eigenvalue weighted by molar-refractivity contribution is 0.0827. The summed E-state index contributed by atoms with van der Waals surface area (Å²) in [4.78, 5) is 17.5. The number of benzene rings is 2. The minimum absolute atomic E-state index is 0.0476. The van der Waals surface area contributed by atoms with E-state index in [0.29, 0.717) is 29.2 Å². The van der Waals surface area contributed by atoms with Crippen LogP contribution in [0.2, 0.25) is 0 Å². The fourth-order valence-corrected chi connectivity index (χ4v) is 2.39. The van der Waals surface area contributed by atoms with E-state index < -0.39 is 0 Å². The fourth-order valence-electron chi connectivity index (χ4n) is 2.39. The lowest BCUT2D eigenvalue weighted by Crippen LogP contribution is -2.36. The summed E-state index contributed by atoms with van der Waals surface area (Å²) in [5, 5.41) is 15.1. The first-order chi connectivity index (χ1) is 12.9. The average Bonchev–Trinajstić information content (AvgIpc) is 2.69. The Labute approximate surface area is 158 Å². The first-order valence-corrected chi connectivity index (χ1v) is 8.38. The molecule has 2 rings (SSSR count). The second kappa shape index (κ2) is 9.34. The number of carbonyl (C=O) groups is 1. The van der Waals surface area contributed by atoms with E-state index in [2.05, 4.69) is 15.6 Å². The summed E-state index contributed by atoms with van der Waals surface area (Å²) in [6.07, 6.45) is 0. The van der Waals surface area contributed by atoms with Crippen LogP contribution in [0.15, 0.2) is 47.5 Å². The molecule has 0 fully saturated rings. The van der Waals surface area contributed by atoms with Crippen molar-refractivity contribution in [3.8, 4) is 6.07 Å². The molecule has 0 spiro atoms. The van der Waals surface area contributed by atoms with Crippen molar-refractivity contribution in [2.24, 2.45) is 4.99 Å². The minimum Gasteiger partial charge on any atom is -0.352 e. The molecule has 2 aromatic carbocycles. The maximum Gasteiger partial charge on any atom is 0.253 e. The van der Waals surface area contributed by atoms with Gasteiger partial charge in [0, 0.05) is 45.4 Å². The Kier molecular flexibility index (Phi) is 6.89. The fraction of sp³-hybridized carbons (Fsp3) is 0.250. The highest BCUT2D eigenvalue weighted by molar-refractivity contribution is 5.93. The Balaban J connectivity index is 1.93. The van der Waals surface area contributed by atoms with Crippen molar-refractivity contribution in [3.63, 3.8) is 0 Å². The maximum atomic E-state index is 13.8. The molecule has 27 heavy (non-hydrogen) atoms. The molecule has 0 aromatic heterocycles. The smallest absolute Gasteiger partial charge is 0.253 e. The van der Waals surface area contributed by atoms with Crippen molar-refractivity contribution in [1.29, 1.82) is 5.26 Å². The minimum atomic E-state index is -0.377. The van der Waals surface area contributed by atoms with Gasteiger partial charge in [0.05, 0.1) is 11.6 Å². The standard InChI is InChI=1S/C20H22FN5O/c1-23-20(25-13-17-10-15(11-22)6-9-18(17)21)24-12-14-4-7-16(8-5-14)19(27)26(2)3/h4-10H,12-13H2,1-3H3,(H2,23,24,25). The van der Waals surface area contributed by atoms with E-state index in [-0.39, 0.29) is 18.3 Å². The summed E-state index contributed by atoms with van der Waals surface area (Å²) >= 11 is 0. The predicted molar refractivity (Wildman–Crippen MR) is 103 cm³/mol. The van der Waals surface area contributed by atoms with E-state index >= 15 is 0 Å². The zero-order valence-corrected chi connectivity index (χ0v) is 15.6. The number of nitriles is 1. The van der Waals surface area contributed by atoms with E-state index in [4.69, 9.17) is 5.26 Å². The molecule has 2 aromatic rings. The van der Waals surface area contributed by atoms with Crippen molar-refractivity contribution < 1.29 is 9.18 Å². The molecule has 0 bridgehead atoms. The predicted octanol–water partition coefficient (Wildman–Crippen LogP) is 2.26. The lowest BCUT2D eigenvalue weighted by atomic mass is 10.1. The normalized spacial score (nSPS) is 10.9. The molecule has 0 aliphatic carbocycles. The van der Waals surface area contributed by atoms with Gasteiger partial charge in [0.2, 0.25) is 0 Å². The van der Waals surface area contributed by atoms with Gasteiger partial charge in [-0.2, -0.15) is 5.26 Å². The number of rotatable bonds is 5. The van der Waals surface area contributed by atoms with Crippen LogP contribution in [0.5, 0.6) is 0 Å². The Hall–Kier alpha value is -3.40. The third kappa shape index (κ3) is 5.54. The second-order valence-corrected chi connectivity index (χ2v) is 6.09. The van der Waals surface area contributed by atoms with Crippen LogP contribution in [-0.2, 0) is 13.1 Å². The maximum absolute atomic E-state index is 13.8. The van der Waals surface area contributed by atoms with Gasteiger partial charge in [0.15, 0.2) is 5.96 Å². The molecular formula is C20H22FN5O. The number of hydrogen-bond donors (Lipinski definition) is 2. The highest BCUT2D eigenvalue weighted by Crippen LogP contribution is 2.10. The SMILES string of the molecule is CN=C(NCc1ccc(C(=O)N(C)C)cc1)NCc1cc(C#N)ccc1F. The van der Waals surface area contributed by atoms with Crippen LogP contribution < -0.4 is 10.6 Å². The van der Waals surface area contributed by atoms with Crippen molar-refractivity contribution in [2.75, 3.05) is 21.1 Å². The van der Waals surface area contributed by atoms with Crippen LogP contribution in [0.4, 0.5) is 4.39 Å². The van der Waals surface area contributed by atoms with Crippen molar-refractivity contribution in [2.45, 2.75) is 13.1 Å². The molecule has 0 saturated carbocycles. The third-order valence-corrected chi connectivity index (χ3v) is 3.91. The van der Waals surface area contributed by atoms with Crippen molar-refractivity contribution in [1.82, 2.24) is 15.5 Å². The molecule has 0 unspecified atom stereocenters. The molecule has 0 aliphatic heterocycles. The Morgan fingerprint density at radius 3 is 2.41 bits per heavy atom. The van der Waals surface area contributed by atoms with Crippen molar-refractivity contribution in [3.05, 3.63) is 70.5 Å². The van der Waals surface area contributed by atoms with Gasteiger partial charge in [0.1, 0.15) is 5.82 Å². The lowest BCUT2D eigenvalue weighted by Gasteiger charge is -2.13. The Bertz CT molecular complexity index is 869. The monoisotopic (exact) mass is 367 g/mol. The number of halogens is 1. The molecule has 0 saturated heterocycles. The van der Waals surface area contributed by atoms with Gasteiger partial charge in [-0.05, 0) is 35.9 Å². The number of hydrogen-bond acceptors (Lipinski definition) is 3. The van der Waals surface area contributed by atoms with E-state index in [9.17, 15) is 9.18 Å². The summed E-state index contributed by atoms with van der Waals surface area (Å²) in [6, 6.07) is 13.5. The zero-order valence-electron chi connectivity index (χ0n) is 15.6. The molecule has 7 heteroatoms. The van der Waals surface area contributed by atoms with Gasteiger partial charge in [-0.25, -0.2) is 4.39 Å². The molecule has 6 nitrogen and oxygen atoms in total. The molecule has 1 amide bonds. The largest absolute Gasteiger partial charge is 0.352 e. The first kappa shape index (κ1) is 19.9.